The highest BCUT2D eigenvalue weighted by Crippen LogP contribution is 2.19. The average molecular weight is 397 g/mol. The highest BCUT2D eigenvalue weighted by molar-refractivity contribution is 5.73. The zero-order valence-electron chi connectivity index (χ0n) is 16.8. The zero-order chi connectivity index (χ0) is 20.1. The Hall–Kier alpha value is -2.70. The highest BCUT2D eigenvalue weighted by Gasteiger charge is 2.21. The number of carbonyl (C=O) groups excluding carboxylic acids is 1. The van der Waals surface area contributed by atoms with E-state index in [2.05, 4.69) is 36.9 Å². The van der Waals surface area contributed by atoms with Gasteiger partial charge in [0.05, 0.1) is 12.6 Å². The predicted octanol–water partition coefficient (Wildman–Crippen LogP) is 0.277. The molecule has 0 aromatic carbocycles. The third-order valence-electron chi connectivity index (χ3n) is 5.55. The lowest BCUT2D eigenvalue weighted by molar-refractivity contribution is -0.130. The minimum Gasteiger partial charge on any atom is -0.365 e. The van der Waals surface area contributed by atoms with Gasteiger partial charge in [0.15, 0.2) is 5.65 Å². The summed E-state index contributed by atoms with van der Waals surface area (Å²) in [7, 11) is 0. The third kappa shape index (κ3) is 5.02. The summed E-state index contributed by atoms with van der Waals surface area (Å²) in [6.45, 7) is 8.05. The molecule has 9 heteroatoms. The van der Waals surface area contributed by atoms with Crippen molar-refractivity contribution in [2.24, 2.45) is 0 Å². The molecule has 154 valence electrons. The molecular formula is C20H27N7O2. The Kier molecular flexibility index (Phi) is 6.22. The molecule has 4 rings (SSSR count). The van der Waals surface area contributed by atoms with Crippen LogP contribution in [-0.2, 0) is 9.53 Å². The fraction of sp³-hybridized carbons (Fsp3) is 0.600. The number of anilines is 1. The first kappa shape index (κ1) is 19.6. The van der Waals surface area contributed by atoms with Gasteiger partial charge in [-0.1, -0.05) is 11.8 Å². The molecule has 1 amide bonds. The molecule has 0 atom stereocenters. The van der Waals surface area contributed by atoms with E-state index < -0.39 is 0 Å². The molecule has 29 heavy (non-hydrogen) atoms. The van der Waals surface area contributed by atoms with Gasteiger partial charge in [-0.05, 0) is 25.0 Å². The van der Waals surface area contributed by atoms with E-state index in [1.54, 1.807) is 17.8 Å². The van der Waals surface area contributed by atoms with Gasteiger partial charge in [-0.2, -0.15) is 4.52 Å². The van der Waals surface area contributed by atoms with Crippen LogP contribution in [0.5, 0.6) is 0 Å². The first-order valence-corrected chi connectivity index (χ1v) is 10.2. The summed E-state index contributed by atoms with van der Waals surface area (Å²) in [5, 5.41) is 12.4. The lowest BCUT2D eigenvalue weighted by Crippen LogP contribution is -2.47. The summed E-state index contributed by atoms with van der Waals surface area (Å²) >= 11 is 0. The van der Waals surface area contributed by atoms with Gasteiger partial charge in [-0.3, -0.25) is 9.69 Å². The molecule has 0 spiro atoms. The van der Waals surface area contributed by atoms with Crippen LogP contribution in [0.1, 0.15) is 19.8 Å². The monoisotopic (exact) mass is 397 g/mol. The average Bonchev–Trinajstić information content (AvgIpc) is 3.22. The maximum Gasteiger partial charge on any atom is 0.219 e. The number of ether oxygens (including phenoxy) is 1. The van der Waals surface area contributed by atoms with Crippen LogP contribution in [0.2, 0.25) is 0 Å². The predicted molar refractivity (Wildman–Crippen MR) is 108 cm³/mol. The number of piperazine rings is 1. The summed E-state index contributed by atoms with van der Waals surface area (Å²) < 4.78 is 7.65. The van der Waals surface area contributed by atoms with Gasteiger partial charge in [-0.25, -0.2) is 0 Å². The van der Waals surface area contributed by atoms with E-state index in [0.717, 1.165) is 70.1 Å². The number of hydrogen-bond acceptors (Lipinski definition) is 7. The Morgan fingerprint density at radius 3 is 2.69 bits per heavy atom. The van der Waals surface area contributed by atoms with E-state index in [1.165, 1.54) is 0 Å². The van der Waals surface area contributed by atoms with Crippen LogP contribution in [0.25, 0.3) is 5.65 Å². The van der Waals surface area contributed by atoms with Crippen molar-refractivity contribution in [3.63, 3.8) is 0 Å². The van der Waals surface area contributed by atoms with E-state index in [-0.39, 0.29) is 12.0 Å². The lowest BCUT2D eigenvalue weighted by Gasteiger charge is -2.33. The molecule has 0 radical (unpaired) electrons. The van der Waals surface area contributed by atoms with Crippen molar-refractivity contribution < 1.29 is 9.53 Å². The van der Waals surface area contributed by atoms with Gasteiger partial charge in [-0.15, -0.1) is 15.3 Å². The van der Waals surface area contributed by atoms with Gasteiger partial charge in [0.25, 0.3) is 0 Å². The Bertz CT molecular complexity index is 887. The summed E-state index contributed by atoms with van der Waals surface area (Å²) in [6, 6.07) is 3.93. The van der Waals surface area contributed by atoms with Crippen LogP contribution in [0, 0.1) is 11.8 Å². The van der Waals surface area contributed by atoms with Crippen molar-refractivity contribution in [2.75, 3.05) is 57.3 Å². The normalized spacial score (nSPS) is 18.7. The van der Waals surface area contributed by atoms with E-state index in [0.29, 0.717) is 6.61 Å². The zero-order valence-corrected chi connectivity index (χ0v) is 16.8. The van der Waals surface area contributed by atoms with Crippen LogP contribution in [0.3, 0.4) is 0 Å². The Morgan fingerprint density at radius 2 is 1.93 bits per heavy atom. The summed E-state index contributed by atoms with van der Waals surface area (Å²) in [6.07, 6.45) is 3.81. The van der Waals surface area contributed by atoms with Gasteiger partial charge in [0, 0.05) is 46.2 Å². The Labute approximate surface area is 170 Å². The third-order valence-corrected chi connectivity index (χ3v) is 5.55. The molecular weight excluding hydrogens is 370 g/mol. The van der Waals surface area contributed by atoms with Crippen molar-refractivity contribution in [2.45, 2.75) is 25.9 Å². The topological polar surface area (TPSA) is 79.1 Å². The van der Waals surface area contributed by atoms with E-state index in [4.69, 9.17) is 4.74 Å². The van der Waals surface area contributed by atoms with Crippen molar-refractivity contribution in [3.8, 4) is 11.8 Å². The van der Waals surface area contributed by atoms with Gasteiger partial charge >= 0.3 is 0 Å². The number of rotatable bonds is 4. The van der Waals surface area contributed by atoms with Crippen LogP contribution < -0.4 is 4.90 Å². The summed E-state index contributed by atoms with van der Waals surface area (Å²) in [4.78, 5) is 17.8. The second-order valence-electron chi connectivity index (χ2n) is 7.46. The number of amides is 1. The second-order valence-corrected chi connectivity index (χ2v) is 7.46. The number of piperidine rings is 1. The first-order chi connectivity index (χ1) is 14.2. The van der Waals surface area contributed by atoms with Crippen molar-refractivity contribution in [1.29, 1.82) is 0 Å². The first-order valence-electron chi connectivity index (χ1n) is 10.2. The quantitative estimate of drug-likeness (QED) is 0.686. The van der Waals surface area contributed by atoms with Crippen molar-refractivity contribution in [3.05, 3.63) is 18.5 Å². The van der Waals surface area contributed by atoms with Gasteiger partial charge < -0.3 is 14.5 Å². The Morgan fingerprint density at radius 1 is 1.14 bits per heavy atom. The fourth-order valence-electron chi connectivity index (χ4n) is 3.74. The fourth-order valence-corrected chi connectivity index (χ4v) is 3.74. The molecule has 9 nitrogen and oxygen atoms in total. The molecule has 0 aliphatic carbocycles. The largest absolute Gasteiger partial charge is 0.365 e. The van der Waals surface area contributed by atoms with Gasteiger partial charge in [0.1, 0.15) is 18.8 Å². The van der Waals surface area contributed by atoms with E-state index in [9.17, 15) is 4.79 Å². The highest BCUT2D eigenvalue weighted by atomic mass is 16.5. The summed E-state index contributed by atoms with van der Waals surface area (Å²) in [5.74, 6) is 7.44. The molecule has 0 bridgehead atoms. The minimum absolute atomic E-state index is 0.158. The van der Waals surface area contributed by atoms with Crippen LogP contribution in [0.15, 0.2) is 18.5 Å². The lowest BCUT2D eigenvalue weighted by atomic mass is 10.1. The second kappa shape index (κ2) is 9.20. The van der Waals surface area contributed by atoms with Crippen LogP contribution in [0.4, 0.5) is 5.82 Å². The molecule has 0 unspecified atom stereocenters. The molecule has 0 N–H and O–H groups in total. The molecule has 2 aromatic rings. The van der Waals surface area contributed by atoms with Crippen molar-refractivity contribution in [1.82, 2.24) is 29.6 Å². The molecule has 4 heterocycles. The molecule has 2 aromatic heterocycles. The molecule has 2 fully saturated rings. The number of fused-ring (bicyclic) bond motifs is 1. The molecule has 2 aliphatic heterocycles. The minimum atomic E-state index is 0.158. The van der Waals surface area contributed by atoms with Gasteiger partial charge in [0.2, 0.25) is 5.91 Å². The maximum absolute atomic E-state index is 11.3. The van der Waals surface area contributed by atoms with Crippen LogP contribution in [-0.4, -0.2) is 94.0 Å². The Balaban J connectivity index is 1.15. The molecule has 2 saturated heterocycles. The molecule has 2 aliphatic rings. The molecule has 0 saturated carbocycles. The number of aromatic nitrogens is 4. The number of carbonyl (C=O) groups is 1. The summed E-state index contributed by atoms with van der Waals surface area (Å²) in [5.41, 5.74) is 0.756. The smallest absolute Gasteiger partial charge is 0.219 e. The van der Waals surface area contributed by atoms with Crippen molar-refractivity contribution >= 4 is 17.4 Å². The standard InChI is InChI=1S/C20H27N7O2/c1-17(28)25-13-11-24(12-14-25)8-2-3-15-29-18-6-9-26(10-7-18)20-5-4-19-22-21-16-27(19)23-20/h4-5,16,18H,6-15H2,1H3. The maximum atomic E-state index is 11.3. The van der Waals surface area contributed by atoms with E-state index >= 15 is 0 Å². The number of hydrogen-bond donors (Lipinski definition) is 0. The SMILES string of the molecule is CC(=O)N1CCN(CC#CCOC2CCN(c3ccc4nncn4n3)CC2)CC1. The number of nitrogens with zero attached hydrogens (tertiary/aromatic N) is 7. The van der Waals surface area contributed by atoms with Crippen LogP contribution >= 0.6 is 0 Å². The van der Waals surface area contributed by atoms with E-state index in [1.807, 2.05) is 17.0 Å².